The Bertz CT molecular complexity index is 695. The lowest BCUT2D eigenvalue weighted by Crippen LogP contribution is -3.12. The maximum atomic E-state index is 12.5. The van der Waals surface area contributed by atoms with E-state index in [1.54, 1.807) is 18.3 Å². The van der Waals surface area contributed by atoms with Gasteiger partial charge in [-0.2, -0.15) is 13.2 Å². The number of likely N-dealkylation sites (N-methyl/N-ethyl adjacent to an activating group) is 1. The van der Waals surface area contributed by atoms with Crippen LogP contribution in [-0.4, -0.2) is 19.0 Å². The Labute approximate surface area is 143 Å². The molecule has 7 heteroatoms. The molecule has 0 aliphatic rings. The molecule has 3 nitrogen and oxygen atoms in total. The summed E-state index contributed by atoms with van der Waals surface area (Å²) in [6.45, 7) is 4.56. The summed E-state index contributed by atoms with van der Waals surface area (Å²) in [4.78, 5) is 14.5. The predicted octanol–water partition coefficient (Wildman–Crippen LogP) is 3.12. The molecule has 1 unspecified atom stereocenters. The number of halogens is 3. The maximum absolute atomic E-state index is 12.5. The molecule has 0 saturated heterocycles. The quantitative estimate of drug-likeness (QED) is 0.847. The predicted molar refractivity (Wildman–Crippen MR) is 89.2 cm³/mol. The highest BCUT2D eigenvalue weighted by Gasteiger charge is 2.30. The lowest BCUT2D eigenvalue weighted by Gasteiger charge is -2.21. The average Bonchev–Trinajstić information content (AvgIpc) is 2.91. The molecule has 1 amide bonds. The monoisotopic (exact) mass is 357 g/mol. The Morgan fingerprint density at radius 2 is 1.88 bits per heavy atom. The third-order valence-electron chi connectivity index (χ3n) is 4.02. The molecule has 2 aromatic rings. The fourth-order valence-electron chi connectivity index (χ4n) is 2.21. The third-order valence-corrected chi connectivity index (χ3v) is 5.04. The molecule has 0 spiro atoms. The fourth-order valence-corrected chi connectivity index (χ4v) is 3.21. The van der Waals surface area contributed by atoms with Crippen molar-refractivity contribution in [2.45, 2.75) is 32.6 Å². The van der Waals surface area contributed by atoms with Gasteiger partial charge < -0.3 is 10.2 Å². The van der Waals surface area contributed by atoms with Crippen LogP contribution in [0, 0.1) is 6.92 Å². The van der Waals surface area contributed by atoms with E-state index >= 15 is 0 Å². The topological polar surface area (TPSA) is 33.5 Å². The second kappa shape index (κ2) is 7.36. The Hall–Kier alpha value is -1.86. The van der Waals surface area contributed by atoms with E-state index in [-0.39, 0.29) is 11.9 Å². The minimum atomic E-state index is -4.38. The van der Waals surface area contributed by atoms with Crippen LogP contribution in [0.15, 0.2) is 35.7 Å². The Balaban J connectivity index is 1.97. The van der Waals surface area contributed by atoms with Crippen LogP contribution in [0.2, 0.25) is 0 Å². The zero-order valence-corrected chi connectivity index (χ0v) is 14.5. The van der Waals surface area contributed by atoms with Crippen LogP contribution in [0.5, 0.6) is 0 Å². The normalized spacial score (nSPS) is 14.2. The molecular weight excluding hydrogens is 337 g/mol. The molecule has 0 fully saturated rings. The minimum Gasteiger partial charge on any atom is -0.323 e. The summed E-state index contributed by atoms with van der Waals surface area (Å²) in [7, 11) is 1.93. The number of thiophene rings is 1. The second-order valence-electron chi connectivity index (χ2n) is 5.84. The third kappa shape index (κ3) is 4.58. The standard InChI is InChI=1S/C17H19F3N2OS/c1-11-8-9-24-15(11)10-22(3)12(2)16(23)21-14-6-4-13(5-7-14)17(18,19)20/h4-9,12H,10H2,1-3H3,(H,21,23)/p+1/t12-/m1/s1. The first kappa shape index (κ1) is 18.5. The molecule has 0 aliphatic carbocycles. The molecule has 2 N–H and O–H groups in total. The van der Waals surface area contributed by atoms with Crippen molar-refractivity contribution in [2.24, 2.45) is 0 Å². The lowest BCUT2D eigenvalue weighted by atomic mass is 10.2. The van der Waals surface area contributed by atoms with E-state index in [2.05, 4.69) is 5.32 Å². The van der Waals surface area contributed by atoms with Gasteiger partial charge in [-0.05, 0) is 55.1 Å². The van der Waals surface area contributed by atoms with Gasteiger partial charge >= 0.3 is 6.18 Å². The number of rotatable bonds is 5. The van der Waals surface area contributed by atoms with Gasteiger partial charge in [0, 0.05) is 5.69 Å². The van der Waals surface area contributed by atoms with E-state index in [1.807, 2.05) is 25.4 Å². The van der Waals surface area contributed by atoms with Crippen LogP contribution in [0.4, 0.5) is 18.9 Å². The summed E-state index contributed by atoms with van der Waals surface area (Å²) in [5.41, 5.74) is 0.833. The fraction of sp³-hybridized carbons (Fsp3) is 0.353. The van der Waals surface area contributed by atoms with Crippen molar-refractivity contribution < 1.29 is 22.9 Å². The van der Waals surface area contributed by atoms with Gasteiger partial charge in [-0.1, -0.05) is 0 Å². The number of hydrogen-bond donors (Lipinski definition) is 2. The number of quaternary nitrogens is 1. The number of hydrogen-bond acceptors (Lipinski definition) is 2. The van der Waals surface area contributed by atoms with Gasteiger partial charge in [0.25, 0.3) is 5.91 Å². The second-order valence-corrected chi connectivity index (χ2v) is 6.84. The molecule has 2 atom stereocenters. The summed E-state index contributed by atoms with van der Waals surface area (Å²) >= 11 is 1.66. The number of carbonyl (C=O) groups is 1. The number of benzene rings is 1. The van der Waals surface area contributed by atoms with E-state index in [1.165, 1.54) is 22.6 Å². The lowest BCUT2D eigenvalue weighted by molar-refractivity contribution is -0.907. The molecule has 24 heavy (non-hydrogen) atoms. The zero-order chi connectivity index (χ0) is 17.9. The van der Waals surface area contributed by atoms with Crippen molar-refractivity contribution in [3.63, 3.8) is 0 Å². The van der Waals surface area contributed by atoms with Crippen LogP contribution in [0.3, 0.4) is 0 Å². The summed E-state index contributed by atoms with van der Waals surface area (Å²) in [6, 6.07) is 6.19. The Kier molecular flexibility index (Phi) is 5.66. The van der Waals surface area contributed by atoms with Gasteiger partial charge in [-0.3, -0.25) is 4.79 Å². The molecule has 0 aliphatic heterocycles. The first-order valence-electron chi connectivity index (χ1n) is 7.52. The first-order valence-corrected chi connectivity index (χ1v) is 8.40. The van der Waals surface area contributed by atoms with Crippen LogP contribution in [0.25, 0.3) is 0 Å². The van der Waals surface area contributed by atoms with Crippen LogP contribution >= 0.6 is 11.3 Å². The van der Waals surface area contributed by atoms with Gasteiger partial charge in [-0.15, -0.1) is 11.3 Å². The summed E-state index contributed by atoms with van der Waals surface area (Å²) in [5, 5.41) is 4.69. The molecule has 1 aromatic carbocycles. The maximum Gasteiger partial charge on any atom is 0.416 e. The first-order chi connectivity index (χ1) is 11.2. The highest BCUT2D eigenvalue weighted by Crippen LogP contribution is 2.29. The van der Waals surface area contributed by atoms with Gasteiger partial charge in [0.2, 0.25) is 0 Å². The Morgan fingerprint density at radius 1 is 1.25 bits per heavy atom. The van der Waals surface area contributed by atoms with E-state index < -0.39 is 11.7 Å². The molecule has 0 bridgehead atoms. The molecule has 0 saturated carbocycles. The number of aryl methyl sites for hydroxylation is 1. The average molecular weight is 357 g/mol. The summed E-state index contributed by atoms with van der Waals surface area (Å²) in [6.07, 6.45) is -4.38. The van der Waals surface area contributed by atoms with E-state index in [4.69, 9.17) is 0 Å². The van der Waals surface area contributed by atoms with Gasteiger partial charge in [0.1, 0.15) is 6.54 Å². The number of anilines is 1. The highest BCUT2D eigenvalue weighted by molar-refractivity contribution is 7.10. The van der Waals surface area contributed by atoms with E-state index in [9.17, 15) is 18.0 Å². The molecule has 0 radical (unpaired) electrons. The van der Waals surface area contributed by atoms with Crippen molar-refractivity contribution >= 4 is 22.9 Å². The largest absolute Gasteiger partial charge is 0.416 e. The number of amides is 1. The van der Waals surface area contributed by atoms with E-state index in [0.717, 1.165) is 23.6 Å². The number of nitrogens with one attached hydrogen (secondary N) is 2. The molecular formula is C17H20F3N2OS+. The van der Waals surface area contributed by atoms with Crippen LogP contribution in [0.1, 0.15) is 22.9 Å². The molecule has 1 aromatic heterocycles. The van der Waals surface area contributed by atoms with Crippen molar-refractivity contribution in [1.29, 1.82) is 0 Å². The van der Waals surface area contributed by atoms with Crippen molar-refractivity contribution in [3.05, 3.63) is 51.7 Å². The zero-order valence-electron chi connectivity index (χ0n) is 13.7. The van der Waals surface area contributed by atoms with E-state index in [0.29, 0.717) is 5.69 Å². The highest BCUT2D eigenvalue weighted by atomic mass is 32.1. The molecule has 2 rings (SSSR count). The minimum absolute atomic E-state index is 0.221. The SMILES string of the molecule is Cc1ccsc1C[NH+](C)[C@H](C)C(=O)Nc1ccc(C(F)(F)F)cc1. The van der Waals surface area contributed by atoms with Gasteiger partial charge in [-0.25, -0.2) is 0 Å². The smallest absolute Gasteiger partial charge is 0.323 e. The van der Waals surface area contributed by atoms with Gasteiger partial charge in [0.15, 0.2) is 6.04 Å². The van der Waals surface area contributed by atoms with Crippen molar-refractivity contribution in [3.8, 4) is 0 Å². The van der Waals surface area contributed by atoms with Crippen LogP contribution < -0.4 is 10.2 Å². The van der Waals surface area contributed by atoms with Crippen molar-refractivity contribution in [2.75, 3.05) is 12.4 Å². The number of carbonyl (C=O) groups excluding carboxylic acids is 1. The summed E-state index contributed by atoms with van der Waals surface area (Å²) in [5.74, 6) is -0.221. The number of alkyl halides is 3. The van der Waals surface area contributed by atoms with Gasteiger partial charge in [0.05, 0.1) is 17.5 Å². The molecule has 1 heterocycles. The molecule has 130 valence electrons. The van der Waals surface area contributed by atoms with Crippen molar-refractivity contribution in [1.82, 2.24) is 0 Å². The van der Waals surface area contributed by atoms with Crippen LogP contribution in [-0.2, 0) is 17.5 Å². The Morgan fingerprint density at radius 3 is 2.38 bits per heavy atom. The summed E-state index contributed by atoms with van der Waals surface area (Å²) < 4.78 is 37.6.